The Bertz CT molecular complexity index is 441. The van der Waals surface area contributed by atoms with Gasteiger partial charge in [-0.05, 0) is 31.0 Å². The molecule has 2 aromatic rings. The Hall–Kier alpha value is -1.31. The second kappa shape index (κ2) is 2.87. The minimum atomic E-state index is 0.965. The minimum absolute atomic E-state index is 0.965. The minimum Gasteiger partial charge on any atom is -0.342 e. The summed E-state index contributed by atoms with van der Waals surface area (Å²) in [7, 11) is 0. The molecule has 0 aliphatic heterocycles. The highest BCUT2D eigenvalue weighted by molar-refractivity contribution is 5.79. The lowest BCUT2D eigenvalue weighted by Crippen LogP contribution is -1.82. The zero-order valence-electron chi connectivity index (χ0n) is 8.31. The van der Waals surface area contributed by atoms with E-state index in [0.717, 1.165) is 23.3 Å². The van der Waals surface area contributed by atoms with E-state index in [9.17, 15) is 0 Å². The third-order valence-corrected chi connectivity index (χ3v) is 2.56. The summed E-state index contributed by atoms with van der Waals surface area (Å²) in [5.74, 6) is 1.07. The van der Waals surface area contributed by atoms with Gasteiger partial charge in [-0.25, -0.2) is 4.98 Å². The van der Waals surface area contributed by atoms with Crippen LogP contribution in [0.1, 0.15) is 23.9 Å². The van der Waals surface area contributed by atoms with Gasteiger partial charge < -0.3 is 4.98 Å². The van der Waals surface area contributed by atoms with Gasteiger partial charge in [0.1, 0.15) is 5.82 Å². The fourth-order valence-electron chi connectivity index (χ4n) is 1.53. The van der Waals surface area contributed by atoms with Crippen molar-refractivity contribution in [1.29, 1.82) is 0 Å². The van der Waals surface area contributed by atoms with Crippen molar-refractivity contribution in [2.24, 2.45) is 0 Å². The van der Waals surface area contributed by atoms with Gasteiger partial charge in [0.05, 0.1) is 11.0 Å². The van der Waals surface area contributed by atoms with E-state index in [2.05, 4.69) is 42.9 Å². The van der Waals surface area contributed by atoms with E-state index in [1.807, 2.05) is 0 Å². The van der Waals surface area contributed by atoms with Crippen LogP contribution >= 0.6 is 0 Å². The Labute approximate surface area is 78.0 Å². The Kier molecular flexibility index (Phi) is 1.83. The standard InChI is InChI=1S/C11H14N2/c1-4-10-12-9-6-5-7(2)8(3)11(9)13-10/h5-6H,4H2,1-3H3,(H,12,13). The van der Waals surface area contributed by atoms with Gasteiger partial charge >= 0.3 is 0 Å². The predicted octanol–water partition coefficient (Wildman–Crippen LogP) is 2.74. The largest absolute Gasteiger partial charge is 0.342 e. The maximum Gasteiger partial charge on any atom is 0.106 e. The number of rotatable bonds is 1. The van der Waals surface area contributed by atoms with Crippen LogP contribution in [0.15, 0.2) is 12.1 Å². The van der Waals surface area contributed by atoms with Gasteiger partial charge in [-0.15, -0.1) is 0 Å². The summed E-state index contributed by atoms with van der Waals surface area (Å²) in [6.45, 7) is 6.35. The molecule has 0 fully saturated rings. The van der Waals surface area contributed by atoms with Gasteiger partial charge in [-0.3, -0.25) is 0 Å². The first-order valence-corrected chi connectivity index (χ1v) is 4.67. The smallest absolute Gasteiger partial charge is 0.106 e. The molecule has 1 aromatic carbocycles. The molecule has 0 atom stereocenters. The number of aromatic nitrogens is 2. The molecule has 0 bridgehead atoms. The summed E-state index contributed by atoms with van der Waals surface area (Å²) in [4.78, 5) is 7.84. The van der Waals surface area contributed by atoms with Crippen molar-refractivity contribution in [2.75, 3.05) is 0 Å². The average molecular weight is 174 g/mol. The number of H-pyrrole nitrogens is 1. The number of hydrogen-bond acceptors (Lipinski definition) is 1. The van der Waals surface area contributed by atoms with E-state index >= 15 is 0 Å². The highest BCUT2D eigenvalue weighted by Gasteiger charge is 2.04. The Morgan fingerprint density at radius 3 is 2.77 bits per heavy atom. The third-order valence-electron chi connectivity index (χ3n) is 2.56. The van der Waals surface area contributed by atoms with E-state index in [0.29, 0.717) is 0 Å². The quantitative estimate of drug-likeness (QED) is 0.707. The predicted molar refractivity (Wildman–Crippen MR) is 54.9 cm³/mol. The van der Waals surface area contributed by atoms with E-state index in [1.165, 1.54) is 11.1 Å². The summed E-state index contributed by atoms with van der Waals surface area (Å²) in [5.41, 5.74) is 4.87. The van der Waals surface area contributed by atoms with Crippen LogP contribution in [0.2, 0.25) is 0 Å². The first kappa shape index (κ1) is 8.30. The second-order valence-electron chi connectivity index (χ2n) is 3.44. The number of aromatic amines is 1. The Morgan fingerprint density at radius 2 is 2.08 bits per heavy atom. The lowest BCUT2D eigenvalue weighted by molar-refractivity contribution is 1.000. The van der Waals surface area contributed by atoms with Crippen molar-refractivity contribution in [2.45, 2.75) is 27.2 Å². The summed E-state index contributed by atoms with van der Waals surface area (Å²) in [5, 5.41) is 0. The van der Waals surface area contributed by atoms with Crippen LogP contribution in [0.3, 0.4) is 0 Å². The highest BCUT2D eigenvalue weighted by atomic mass is 14.9. The van der Waals surface area contributed by atoms with Gasteiger partial charge in [0.25, 0.3) is 0 Å². The van der Waals surface area contributed by atoms with Gasteiger partial charge in [0.2, 0.25) is 0 Å². The number of nitrogens with one attached hydrogen (secondary N) is 1. The summed E-state index contributed by atoms with van der Waals surface area (Å²) >= 11 is 0. The zero-order chi connectivity index (χ0) is 9.42. The Morgan fingerprint density at radius 1 is 1.31 bits per heavy atom. The lowest BCUT2D eigenvalue weighted by Gasteiger charge is -1.98. The van der Waals surface area contributed by atoms with Gasteiger partial charge in [-0.1, -0.05) is 13.0 Å². The third kappa shape index (κ3) is 1.22. The average Bonchev–Trinajstić information content (AvgIpc) is 2.55. The van der Waals surface area contributed by atoms with Crippen molar-refractivity contribution >= 4 is 11.0 Å². The molecular formula is C11H14N2. The summed E-state index contributed by atoms with van der Waals surface area (Å²) in [6, 6.07) is 4.24. The monoisotopic (exact) mass is 174 g/mol. The molecule has 68 valence electrons. The first-order chi connectivity index (χ1) is 6.22. The number of aryl methyl sites for hydroxylation is 3. The molecule has 2 nitrogen and oxygen atoms in total. The fraction of sp³-hybridized carbons (Fsp3) is 0.364. The van der Waals surface area contributed by atoms with E-state index in [4.69, 9.17) is 0 Å². The Balaban J connectivity index is 2.76. The van der Waals surface area contributed by atoms with Gasteiger partial charge in [-0.2, -0.15) is 0 Å². The second-order valence-corrected chi connectivity index (χ2v) is 3.44. The van der Waals surface area contributed by atoms with Crippen LogP contribution in [-0.4, -0.2) is 9.97 Å². The molecule has 0 aliphatic rings. The van der Waals surface area contributed by atoms with Crippen molar-refractivity contribution in [3.05, 3.63) is 29.1 Å². The maximum atomic E-state index is 4.54. The molecule has 0 aliphatic carbocycles. The molecule has 0 spiro atoms. The zero-order valence-corrected chi connectivity index (χ0v) is 8.31. The topological polar surface area (TPSA) is 28.7 Å². The van der Waals surface area contributed by atoms with Crippen LogP contribution in [0, 0.1) is 13.8 Å². The van der Waals surface area contributed by atoms with Crippen LogP contribution in [0.4, 0.5) is 0 Å². The van der Waals surface area contributed by atoms with Crippen LogP contribution in [-0.2, 0) is 6.42 Å². The first-order valence-electron chi connectivity index (χ1n) is 4.67. The van der Waals surface area contributed by atoms with Gasteiger partial charge in [0.15, 0.2) is 0 Å². The molecule has 2 heteroatoms. The number of imidazole rings is 1. The molecule has 13 heavy (non-hydrogen) atoms. The van der Waals surface area contributed by atoms with Crippen LogP contribution < -0.4 is 0 Å². The van der Waals surface area contributed by atoms with Crippen molar-refractivity contribution in [3.63, 3.8) is 0 Å². The van der Waals surface area contributed by atoms with Crippen molar-refractivity contribution in [1.82, 2.24) is 9.97 Å². The number of hydrogen-bond donors (Lipinski definition) is 1. The van der Waals surface area contributed by atoms with Crippen molar-refractivity contribution in [3.8, 4) is 0 Å². The normalized spacial score (nSPS) is 11.0. The molecular weight excluding hydrogens is 160 g/mol. The molecule has 1 heterocycles. The van der Waals surface area contributed by atoms with E-state index < -0.39 is 0 Å². The van der Waals surface area contributed by atoms with E-state index in [1.54, 1.807) is 0 Å². The summed E-state index contributed by atoms with van der Waals surface area (Å²) < 4.78 is 0. The molecule has 1 aromatic heterocycles. The van der Waals surface area contributed by atoms with Crippen LogP contribution in [0.5, 0.6) is 0 Å². The molecule has 0 amide bonds. The highest BCUT2D eigenvalue weighted by Crippen LogP contribution is 2.19. The van der Waals surface area contributed by atoms with E-state index in [-0.39, 0.29) is 0 Å². The van der Waals surface area contributed by atoms with Gasteiger partial charge in [0, 0.05) is 6.42 Å². The number of fused-ring (bicyclic) bond motifs is 1. The number of benzene rings is 1. The molecule has 0 saturated carbocycles. The molecule has 0 radical (unpaired) electrons. The number of nitrogens with zero attached hydrogens (tertiary/aromatic N) is 1. The molecule has 0 unspecified atom stereocenters. The van der Waals surface area contributed by atoms with Crippen molar-refractivity contribution < 1.29 is 0 Å². The summed E-state index contributed by atoms with van der Waals surface area (Å²) in [6.07, 6.45) is 0.965. The molecule has 2 rings (SSSR count). The molecule has 0 saturated heterocycles. The van der Waals surface area contributed by atoms with Crippen LogP contribution in [0.25, 0.3) is 11.0 Å². The fourth-order valence-corrected chi connectivity index (χ4v) is 1.53. The molecule has 1 N–H and O–H groups in total. The maximum absolute atomic E-state index is 4.54. The SMILES string of the molecule is CCc1nc2c(C)c(C)ccc2[nH]1. The lowest BCUT2D eigenvalue weighted by atomic mass is 10.1.